The smallest absolute Gasteiger partial charge is 0.253 e. The molecule has 2 saturated carbocycles. The Bertz CT molecular complexity index is 887. The molecule has 1 aromatic heterocycles. The van der Waals surface area contributed by atoms with E-state index >= 15 is 0 Å². The van der Waals surface area contributed by atoms with E-state index < -0.39 is 0 Å². The molecule has 0 radical (unpaired) electrons. The molecule has 0 unspecified atom stereocenters. The summed E-state index contributed by atoms with van der Waals surface area (Å²) in [7, 11) is 0. The van der Waals surface area contributed by atoms with Gasteiger partial charge in [-0.3, -0.25) is 9.69 Å². The quantitative estimate of drug-likeness (QED) is 0.766. The Morgan fingerprint density at radius 2 is 1.80 bits per heavy atom. The molecule has 0 bridgehead atoms. The van der Waals surface area contributed by atoms with E-state index in [0.29, 0.717) is 18.2 Å². The van der Waals surface area contributed by atoms with Gasteiger partial charge in [0, 0.05) is 37.9 Å². The first-order chi connectivity index (χ1) is 14.7. The highest BCUT2D eigenvalue weighted by molar-refractivity contribution is 5.94. The minimum atomic E-state index is -0.0659. The van der Waals surface area contributed by atoms with Gasteiger partial charge in [0.05, 0.1) is 5.56 Å². The van der Waals surface area contributed by atoms with Crippen molar-refractivity contribution in [3.8, 4) is 0 Å². The fourth-order valence-corrected chi connectivity index (χ4v) is 4.68. The lowest BCUT2D eigenvalue weighted by molar-refractivity contribution is 0.0950. The topological polar surface area (TPSA) is 57.3 Å². The van der Waals surface area contributed by atoms with E-state index in [0.717, 1.165) is 24.7 Å². The third-order valence-corrected chi connectivity index (χ3v) is 7.13. The molecule has 1 aliphatic heterocycles. The van der Waals surface area contributed by atoms with Crippen molar-refractivity contribution in [3.63, 3.8) is 0 Å². The van der Waals surface area contributed by atoms with Crippen molar-refractivity contribution in [3.05, 3.63) is 58.8 Å². The van der Waals surface area contributed by atoms with Crippen LogP contribution in [0.5, 0.6) is 0 Å². The highest BCUT2D eigenvalue weighted by atomic mass is 16.1. The predicted octanol–water partition coefficient (Wildman–Crippen LogP) is 3.93. The predicted molar refractivity (Wildman–Crippen MR) is 120 cm³/mol. The van der Waals surface area contributed by atoms with Gasteiger partial charge in [-0.1, -0.05) is 24.6 Å². The number of pyridine rings is 1. The van der Waals surface area contributed by atoms with Gasteiger partial charge in [-0.2, -0.15) is 0 Å². The normalized spacial score (nSPS) is 19.9. The molecule has 2 N–H and O–H groups in total. The summed E-state index contributed by atoms with van der Waals surface area (Å²) in [5.74, 6) is 0.793. The summed E-state index contributed by atoms with van der Waals surface area (Å²) in [5.41, 5.74) is 4.72. The number of carbonyl (C=O) groups excluding carboxylic acids is 1. The maximum atomic E-state index is 12.5. The van der Waals surface area contributed by atoms with Crippen LogP contribution in [0.25, 0.3) is 0 Å². The van der Waals surface area contributed by atoms with Gasteiger partial charge < -0.3 is 10.6 Å². The molecule has 158 valence electrons. The van der Waals surface area contributed by atoms with Crippen molar-refractivity contribution in [2.75, 3.05) is 18.4 Å². The van der Waals surface area contributed by atoms with Crippen LogP contribution in [-0.2, 0) is 19.4 Å². The largest absolute Gasteiger partial charge is 0.367 e. The number of anilines is 1. The molecular weight excluding hydrogens is 372 g/mol. The van der Waals surface area contributed by atoms with Crippen LogP contribution < -0.4 is 10.6 Å². The second-order valence-electron chi connectivity index (χ2n) is 9.11. The van der Waals surface area contributed by atoms with E-state index in [1.807, 2.05) is 12.1 Å². The van der Waals surface area contributed by atoms with Crippen molar-refractivity contribution >= 4 is 11.7 Å². The van der Waals surface area contributed by atoms with Gasteiger partial charge >= 0.3 is 0 Å². The van der Waals surface area contributed by atoms with Crippen molar-refractivity contribution < 1.29 is 4.79 Å². The number of amides is 1. The summed E-state index contributed by atoms with van der Waals surface area (Å²) >= 11 is 0. The van der Waals surface area contributed by atoms with Crippen LogP contribution >= 0.6 is 0 Å². The monoisotopic (exact) mass is 404 g/mol. The fourth-order valence-electron chi connectivity index (χ4n) is 4.68. The fraction of sp³-hybridized carbons (Fsp3) is 0.520. The van der Waals surface area contributed by atoms with Gasteiger partial charge in [-0.15, -0.1) is 0 Å². The number of nitrogens with one attached hydrogen (secondary N) is 2. The molecule has 0 saturated heterocycles. The van der Waals surface area contributed by atoms with Gasteiger partial charge in [-0.25, -0.2) is 4.98 Å². The summed E-state index contributed by atoms with van der Waals surface area (Å²) in [6.45, 7) is 2.91. The summed E-state index contributed by atoms with van der Waals surface area (Å²) in [6, 6.07) is 11.9. The molecule has 2 aliphatic carbocycles. The molecule has 5 nitrogen and oxygen atoms in total. The average molecular weight is 405 g/mol. The zero-order chi connectivity index (χ0) is 20.3. The van der Waals surface area contributed by atoms with Gasteiger partial charge in [0.1, 0.15) is 5.82 Å². The lowest BCUT2D eigenvalue weighted by Crippen LogP contribution is -2.41. The Hall–Kier alpha value is -2.40. The Labute approximate surface area is 179 Å². The summed E-state index contributed by atoms with van der Waals surface area (Å²) in [4.78, 5) is 19.6. The van der Waals surface area contributed by atoms with Crippen LogP contribution in [-0.4, -0.2) is 41.0 Å². The van der Waals surface area contributed by atoms with E-state index in [2.05, 4.69) is 38.7 Å². The average Bonchev–Trinajstić information content (AvgIpc) is 2.90. The number of nitrogens with zero attached hydrogens (tertiary/aromatic N) is 2. The van der Waals surface area contributed by atoms with Gasteiger partial charge in [0.15, 0.2) is 0 Å². The highest BCUT2D eigenvalue weighted by Crippen LogP contribution is 2.27. The lowest BCUT2D eigenvalue weighted by Gasteiger charge is -2.36. The molecule has 30 heavy (non-hydrogen) atoms. The van der Waals surface area contributed by atoms with Gasteiger partial charge in [0.25, 0.3) is 5.91 Å². The first-order valence-electron chi connectivity index (χ1n) is 11.6. The lowest BCUT2D eigenvalue weighted by atomic mass is 9.91. The molecule has 5 rings (SSSR count). The second kappa shape index (κ2) is 8.76. The Morgan fingerprint density at radius 3 is 2.47 bits per heavy atom. The van der Waals surface area contributed by atoms with Crippen LogP contribution in [0.2, 0.25) is 0 Å². The van der Waals surface area contributed by atoms with Crippen molar-refractivity contribution in [2.24, 2.45) is 0 Å². The van der Waals surface area contributed by atoms with Crippen LogP contribution in [0.1, 0.15) is 65.6 Å². The number of fused-ring (bicyclic) bond motifs is 1. The zero-order valence-electron chi connectivity index (χ0n) is 17.7. The van der Waals surface area contributed by atoms with E-state index in [4.69, 9.17) is 0 Å². The molecule has 5 heteroatoms. The minimum Gasteiger partial charge on any atom is -0.367 e. The highest BCUT2D eigenvalue weighted by Gasteiger charge is 2.26. The van der Waals surface area contributed by atoms with Crippen molar-refractivity contribution in [1.82, 2.24) is 15.2 Å². The molecule has 3 aliphatic rings. The molecule has 1 amide bonds. The van der Waals surface area contributed by atoms with Crippen LogP contribution in [0.3, 0.4) is 0 Å². The third-order valence-electron chi connectivity index (χ3n) is 7.13. The second-order valence-corrected chi connectivity index (χ2v) is 9.11. The van der Waals surface area contributed by atoms with Crippen LogP contribution in [0.15, 0.2) is 36.5 Å². The minimum absolute atomic E-state index is 0.0659. The number of benzene rings is 1. The van der Waals surface area contributed by atoms with Crippen LogP contribution in [0, 0.1) is 0 Å². The molecule has 0 spiro atoms. The van der Waals surface area contributed by atoms with Gasteiger partial charge in [-0.05, 0) is 73.8 Å². The van der Waals surface area contributed by atoms with E-state index in [1.165, 1.54) is 68.3 Å². The van der Waals surface area contributed by atoms with Crippen molar-refractivity contribution in [2.45, 2.75) is 70.0 Å². The number of hydrogen-bond acceptors (Lipinski definition) is 4. The first kappa shape index (κ1) is 19.6. The Balaban J connectivity index is 1.15. The molecule has 2 aromatic rings. The number of aromatic nitrogens is 1. The molecule has 2 heterocycles. The Morgan fingerprint density at radius 1 is 1.00 bits per heavy atom. The van der Waals surface area contributed by atoms with E-state index in [9.17, 15) is 4.79 Å². The standard InChI is InChI=1S/C25H32N4O/c30-25(21-9-10-24(26-17-21)28-22-3-1-4-22)27-16-18-7-8-19-11-13-29(23-5-2-6-23)14-12-20(19)15-18/h7-10,15,17,22-23H,1-6,11-14,16H2,(H,26,28)(H,27,30). The van der Waals surface area contributed by atoms with Crippen LogP contribution in [0.4, 0.5) is 5.82 Å². The first-order valence-corrected chi connectivity index (χ1v) is 11.6. The zero-order valence-corrected chi connectivity index (χ0v) is 17.7. The van der Waals surface area contributed by atoms with E-state index in [1.54, 1.807) is 6.20 Å². The van der Waals surface area contributed by atoms with Crippen molar-refractivity contribution in [1.29, 1.82) is 0 Å². The molecule has 2 fully saturated rings. The maximum absolute atomic E-state index is 12.5. The SMILES string of the molecule is O=C(NCc1ccc2c(c1)CCN(C1CCC1)CC2)c1ccc(NC2CCC2)nc1. The Kier molecular flexibility index (Phi) is 5.71. The molecule has 1 aromatic carbocycles. The summed E-state index contributed by atoms with van der Waals surface area (Å²) in [6.07, 6.45) is 11.8. The number of rotatable bonds is 6. The maximum Gasteiger partial charge on any atom is 0.253 e. The summed E-state index contributed by atoms with van der Waals surface area (Å²) < 4.78 is 0. The van der Waals surface area contributed by atoms with E-state index in [-0.39, 0.29) is 5.91 Å². The molecule has 0 atom stereocenters. The number of carbonyl (C=O) groups is 1. The third kappa shape index (κ3) is 4.36. The van der Waals surface area contributed by atoms with Gasteiger partial charge in [0.2, 0.25) is 0 Å². The summed E-state index contributed by atoms with van der Waals surface area (Å²) in [5, 5.41) is 6.46. The molecular formula is C25H32N4O. The number of hydrogen-bond donors (Lipinski definition) is 2.